The van der Waals surface area contributed by atoms with E-state index >= 15 is 0 Å². The van der Waals surface area contributed by atoms with E-state index in [1.165, 1.54) is 0 Å². The molecule has 0 fully saturated rings. The van der Waals surface area contributed by atoms with E-state index in [-0.39, 0.29) is 37.1 Å². The molecule has 158 valence electrons. The van der Waals surface area contributed by atoms with Crippen LogP contribution in [0.2, 0.25) is 0 Å². The molecule has 0 aliphatic carbocycles. The Bertz CT molecular complexity index is 763. The highest BCUT2D eigenvalue weighted by atomic mass is 127. The summed E-state index contributed by atoms with van der Waals surface area (Å²) in [5, 5.41) is 15.4. The molecule has 0 bridgehead atoms. The molecule has 0 radical (unpaired) electrons. The number of nitrogens with zero attached hydrogens (tertiary/aromatic N) is 5. The number of methoxy groups -OCH3 is 1. The van der Waals surface area contributed by atoms with E-state index in [0.29, 0.717) is 29.9 Å². The van der Waals surface area contributed by atoms with Gasteiger partial charge >= 0.3 is 6.18 Å². The van der Waals surface area contributed by atoms with E-state index in [4.69, 9.17) is 4.74 Å². The molecule has 28 heavy (non-hydrogen) atoms. The van der Waals surface area contributed by atoms with Crippen molar-refractivity contribution in [3.63, 3.8) is 0 Å². The topological polar surface area (TPSA) is 89.2 Å². The highest BCUT2D eigenvalue weighted by Gasteiger charge is 2.33. The average molecular weight is 533 g/mol. The highest BCUT2D eigenvalue weighted by molar-refractivity contribution is 14.0. The SMILES string of the molecule is COCCCNC(=NCc1nnc(C)n1C)NCc1nc(C(F)(F)F)cs1.I. The van der Waals surface area contributed by atoms with Crippen molar-refractivity contribution < 1.29 is 17.9 Å². The zero-order valence-electron chi connectivity index (χ0n) is 15.7. The fourth-order valence-electron chi connectivity index (χ4n) is 2.02. The molecule has 2 aromatic rings. The molecular weight excluding hydrogens is 510 g/mol. The van der Waals surface area contributed by atoms with Crippen LogP contribution in [0.1, 0.15) is 28.8 Å². The van der Waals surface area contributed by atoms with Crippen LogP contribution in [0.5, 0.6) is 0 Å². The quantitative estimate of drug-likeness (QED) is 0.235. The van der Waals surface area contributed by atoms with Gasteiger partial charge in [0.05, 0.1) is 6.54 Å². The van der Waals surface area contributed by atoms with Crippen LogP contribution in [0.4, 0.5) is 13.2 Å². The Morgan fingerprint density at radius 2 is 2.07 bits per heavy atom. The Hall–Kier alpha value is -1.48. The molecule has 8 nitrogen and oxygen atoms in total. The molecule has 0 aliphatic rings. The summed E-state index contributed by atoms with van der Waals surface area (Å²) in [6, 6.07) is 0. The molecule has 13 heteroatoms. The molecule has 2 aromatic heterocycles. The van der Waals surface area contributed by atoms with Crippen LogP contribution in [-0.4, -0.2) is 46.0 Å². The maximum atomic E-state index is 12.6. The third-order valence-electron chi connectivity index (χ3n) is 3.63. The van der Waals surface area contributed by atoms with Crippen molar-refractivity contribution in [1.29, 1.82) is 0 Å². The van der Waals surface area contributed by atoms with E-state index in [9.17, 15) is 13.2 Å². The van der Waals surface area contributed by atoms with E-state index in [1.54, 1.807) is 7.11 Å². The molecule has 0 aromatic carbocycles. The lowest BCUT2D eigenvalue weighted by atomic mass is 10.4. The van der Waals surface area contributed by atoms with Gasteiger partial charge in [0, 0.05) is 32.7 Å². The van der Waals surface area contributed by atoms with Gasteiger partial charge in [0.15, 0.2) is 17.5 Å². The predicted octanol–water partition coefficient (Wildman–Crippen LogP) is 2.49. The van der Waals surface area contributed by atoms with E-state index in [1.807, 2.05) is 18.5 Å². The lowest BCUT2D eigenvalue weighted by Gasteiger charge is -2.11. The molecule has 0 atom stereocenters. The second-order valence-corrected chi connectivity index (χ2v) is 6.58. The second-order valence-electron chi connectivity index (χ2n) is 5.64. The number of ether oxygens (including phenoxy) is 1. The van der Waals surface area contributed by atoms with Gasteiger partial charge in [0.2, 0.25) is 0 Å². The molecular formula is C15H23F3IN7OS. The zero-order chi connectivity index (χ0) is 19.9. The molecule has 0 amide bonds. The van der Waals surface area contributed by atoms with Gasteiger partial charge in [-0.3, -0.25) is 0 Å². The summed E-state index contributed by atoms with van der Waals surface area (Å²) in [5.41, 5.74) is -0.884. The number of rotatable bonds is 8. The molecule has 2 rings (SSSR count). The van der Waals surface area contributed by atoms with Crippen LogP contribution in [-0.2, 0) is 31.1 Å². The third-order valence-corrected chi connectivity index (χ3v) is 4.48. The average Bonchev–Trinajstić information content (AvgIpc) is 3.22. The number of hydrogen-bond donors (Lipinski definition) is 2. The van der Waals surface area contributed by atoms with Crippen LogP contribution in [0.15, 0.2) is 10.4 Å². The van der Waals surface area contributed by atoms with Gasteiger partial charge in [-0.2, -0.15) is 13.2 Å². The Balaban J connectivity index is 0.00000392. The monoisotopic (exact) mass is 533 g/mol. The van der Waals surface area contributed by atoms with E-state index in [2.05, 4.69) is 30.8 Å². The Morgan fingerprint density at radius 3 is 2.64 bits per heavy atom. The van der Waals surface area contributed by atoms with Gasteiger partial charge in [-0.05, 0) is 13.3 Å². The number of aromatic nitrogens is 4. The van der Waals surface area contributed by atoms with E-state index in [0.717, 1.165) is 29.0 Å². The maximum Gasteiger partial charge on any atom is 0.434 e. The zero-order valence-corrected chi connectivity index (χ0v) is 18.9. The first-order valence-corrected chi connectivity index (χ1v) is 9.06. The largest absolute Gasteiger partial charge is 0.434 e. The summed E-state index contributed by atoms with van der Waals surface area (Å²) >= 11 is 0.948. The number of nitrogens with one attached hydrogen (secondary N) is 2. The van der Waals surface area contributed by atoms with Gasteiger partial charge in [0.25, 0.3) is 0 Å². The fraction of sp³-hybridized carbons (Fsp3) is 0.600. The van der Waals surface area contributed by atoms with Crippen LogP contribution >= 0.6 is 35.3 Å². The third kappa shape index (κ3) is 7.50. The van der Waals surface area contributed by atoms with Crippen LogP contribution < -0.4 is 10.6 Å². The molecule has 2 N–H and O–H groups in total. The Kier molecular flexibility index (Phi) is 10.1. The van der Waals surface area contributed by atoms with Gasteiger partial charge in [-0.15, -0.1) is 45.5 Å². The number of hydrogen-bond acceptors (Lipinski definition) is 6. The summed E-state index contributed by atoms with van der Waals surface area (Å²) < 4.78 is 44.8. The van der Waals surface area contributed by atoms with Crippen LogP contribution in [0, 0.1) is 6.92 Å². The second kappa shape index (κ2) is 11.5. The first-order valence-electron chi connectivity index (χ1n) is 8.19. The molecule has 0 saturated heterocycles. The lowest BCUT2D eigenvalue weighted by molar-refractivity contribution is -0.140. The number of halogens is 4. The molecule has 0 saturated carbocycles. The van der Waals surface area contributed by atoms with Crippen molar-refractivity contribution in [1.82, 2.24) is 30.4 Å². The van der Waals surface area contributed by atoms with Gasteiger partial charge in [-0.25, -0.2) is 9.98 Å². The van der Waals surface area contributed by atoms with Crippen molar-refractivity contribution in [3.8, 4) is 0 Å². The number of guanidine groups is 1. The Morgan fingerprint density at radius 1 is 1.32 bits per heavy atom. The molecule has 0 aliphatic heterocycles. The number of aryl methyl sites for hydroxylation is 1. The first kappa shape index (κ1) is 24.6. The summed E-state index contributed by atoms with van der Waals surface area (Å²) in [4.78, 5) is 8.02. The minimum Gasteiger partial charge on any atom is -0.385 e. The van der Waals surface area contributed by atoms with Crippen molar-refractivity contribution >= 4 is 41.3 Å². The normalized spacial score (nSPS) is 12.0. The summed E-state index contributed by atoms with van der Waals surface area (Å²) in [7, 11) is 3.46. The predicted molar refractivity (Wildman–Crippen MR) is 111 cm³/mol. The summed E-state index contributed by atoms with van der Waals surface area (Å²) in [5.74, 6) is 1.90. The molecule has 0 unspecified atom stereocenters. The molecule has 0 spiro atoms. The molecule has 2 heterocycles. The highest BCUT2D eigenvalue weighted by Crippen LogP contribution is 2.29. The van der Waals surface area contributed by atoms with Crippen LogP contribution in [0.25, 0.3) is 0 Å². The summed E-state index contributed by atoms with van der Waals surface area (Å²) in [6.07, 6.45) is -3.68. The lowest BCUT2D eigenvalue weighted by Crippen LogP contribution is -2.38. The Labute approximate surface area is 182 Å². The minimum atomic E-state index is -4.44. The fourth-order valence-corrected chi connectivity index (χ4v) is 2.76. The number of aliphatic imine (C=N–C) groups is 1. The van der Waals surface area contributed by atoms with Crippen molar-refractivity contribution in [2.75, 3.05) is 20.3 Å². The first-order chi connectivity index (χ1) is 12.8. The van der Waals surface area contributed by atoms with Gasteiger partial charge < -0.3 is 19.9 Å². The van der Waals surface area contributed by atoms with Crippen molar-refractivity contribution in [2.24, 2.45) is 12.0 Å². The van der Waals surface area contributed by atoms with Crippen molar-refractivity contribution in [2.45, 2.75) is 32.6 Å². The van der Waals surface area contributed by atoms with E-state index < -0.39 is 11.9 Å². The van der Waals surface area contributed by atoms with Gasteiger partial charge in [-0.1, -0.05) is 0 Å². The standard InChI is InChI=1S/C15H22F3N7OS.HI/c1-10-23-24-12(25(10)2)7-20-14(19-5-4-6-26-3)21-8-13-22-11(9-27-13)15(16,17)18;/h9H,4-8H2,1-3H3,(H2,19,20,21);1H. The minimum absolute atomic E-state index is 0. The summed E-state index contributed by atoms with van der Waals surface area (Å²) in [6.45, 7) is 3.44. The smallest absolute Gasteiger partial charge is 0.385 e. The number of thiazole rings is 1. The van der Waals surface area contributed by atoms with Gasteiger partial charge in [0.1, 0.15) is 17.4 Å². The van der Waals surface area contributed by atoms with Crippen LogP contribution in [0.3, 0.4) is 0 Å². The number of alkyl halides is 3. The van der Waals surface area contributed by atoms with Crippen molar-refractivity contribution in [3.05, 3.63) is 27.7 Å². The maximum absolute atomic E-state index is 12.6.